The lowest BCUT2D eigenvalue weighted by Gasteiger charge is -2.27. The predicted molar refractivity (Wildman–Crippen MR) is 81.9 cm³/mol. The number of pyridine rings is 1. The van der Waals surface area contributed by atoms with Crippen molar-refractivity contribution in [2.24, 2.45) is 0 Å². The Balaban J connectivity index is 1.88. The molecule has 5 heteroatoms. The van der Waals surface area contributed by atoms with E-state index >= 15 is 0 Å². The lowest BCUT2D eigenvalue weighted by molar-refractivity contribution is -0.115. The molecule has 19 heavy (non-hydrogen) atoms. The molecule has 1 N–H and O–H groups in total. The monoisotopic (exact) mass is 279 g/mol. The van der Waals surface area contributed by atoms with Crippen molar-refractivity contribution in [1.82, 2.24) is 4.98 Å². The fraction of sp³-hybridized carbons (Fsp3) is 0.571. The molecular weight excluding hydrogens is 258 g/mol. The van der Waals surface area contributed by atoms with Crippen LogP contribution in [0.5, 0.6) is 0 Å². The van der Waals surface area contributed by atoms with E-state index in [0.717, 1.165) is 30.3 Å². The summed E-state index contributed by atoms with van der Waals surface area (Å²) in [6, 6.07) is 3.93. The van der Waals surface area contributed by atoms with Crippen LogP contribution in [-0.4, -0.2) is 36.0 Å². The largest absolute Gasteiger partial charge is 0.357 e. The maximum Gasteiger partial charge on any atom is 0.225 e. The van der Waals surface area contributed by atoms with Gasteiger partial charge in [-0.15, -0.1) is 0 Å². The molecule has 0 atom stereocenters. The first-order chi connectivity index (χ1) is 9.29. The topological polar surface area (TPSA) is 45.2 Å². The average Bonchev–Trinajstić information content (AvgIpc) is 2.47. The van der Waals surface area contributed by atoms with E-state index in [0.29, 0.717) is 6.42 Å². The summed E-state index contributed by atoms with van der Waals surface area (Å²) in [7, 11) is 0. The Morgan fingerprint density at radius 1 is 1.37 bits per heavy atom. The molecule has 0 spiro atoms. The van der Waals surface area contributed by atoms with Gasteiger partial charge in [-0.1, -0.05) is 0 Å². The number of carbonyl (C=O) groups is 1. The molecule has 1 saturated heterocycles. The third kappa shape index (κ3) is 4.42. The van der Waals surface area contributed by atoms with E-state index in [1.165, 1.54) is 19.3 Å². The SMILES string of the molecule is CSCCC(=O)Nc1ccc(N2CCCCC2)nc1. The molecule has 1 aliphatic heterocycles. The van der Waals surface area contributed by atoms with Crippen LogP contribution in [0.2, 0.25) is 0 Å². The number of hydrogen-bond acceptors (Lipinski definition) is 4. The fourth-order valence-corrected chi connectivity index (χ4v) is 2.58. The Morgan fingerprint density at radius 2 is 2.16 bits per heavy atom. The second-order valence-corrected chi connectivity index (χ2v) is 5.73. The minimum absolute atomic E-state index is 0.0573. The van der Waals surface area contributed by atoms with Crippen molar-refractivity contribution in [1.29, 1.82) is 0 Å². The maximum absolute atomic E-state index is 11.6. The molecule has 1 fully saturated rings. The summed E-state index contributed by atoms with van der Waals surface area (Å²) in [5, 5.41) is 2.87. The van der Waals surface area contributed by atoms with Crippen LogP contribution in [0.3, 0.4) is 0 Å². The molecule has 4 nitrogen and oxygen atoms in total. The number of rotatable bonds is 5. The van der Waals surface area contributed by atoms with Crippen molar-refractivity contribution in [2.75, 3.05) is 35.3 Å². The Kier molecular flexibility index (Phi) is 5.51. The van der Waals surface area contributed by atoms with Crippen molar-refractivity contribution in [3.05, 3.63) is 18.3 Å². The summed E-state index contributed by atoms with van der Waals surface area (Å²) in [4.78, 5) is 18.3. The van der Waals surface area contributed by atoms with E-state index in [1.54, 1.807) is 18.0 Å². The van der Waals surface area contributed by atoms with Crippen LogP contribution in [0.1, 0.15) is 25.7 Å². The third-order valence-electron chi connectivity index (χ3n) is 3.24. The van der Waals surface area contributed by atoms with E-state index in [9.17, 15) is 4.79 Å². The van der Waals surface area contributed by atoms with Gasteiger partial charge in [0.1, 0.15) is 5.82 Å². The van der Waals surface area contributed by atoms with Gasteiger partial charge in [-0.25, -0.2) is 4.98 Å². The van der Waals surface area contributed by atoms with E-state index in [2.05, 4.69) is 15.2 Å². The van der Waals surface area contributed by atoms with E-state index in [4.69, 9.17) is 0 Å². The Hall–Kier alpha value is -1.23. The number of thioether (sulfide) groups is 1. The molecule has 1 aromatic rings. The van der Waals surface area contributed by atoms with Gasteiger partial charge >= 0.3 is 0 Å². The van der Waals surface area contributed by atoms with Gasteiger partial charge in [0.25, 0.3) is 0 Å². The fourth-order valence-electron chi connectivity index (χ4n) is 2.19. The van der Waals surface area contributed by atoms with Gasteiger partial charge in [0, 0.05) is 25.3 Å². The van der Waals surface area contributed by atoms with Gasteiger partial charge in [-0.2, -0.15) is 11.8 Å². The highest BCUT2D eigenvalue weighted by Crippen LogP contribution is 2.19. The normalized spacial score (nSPS) is 15.3. The summed E-state index contributed by atoms with van der Waals surface area (Å²) < 4.78 is 0. The highest BCUT2D eigenvalue weighted by Gasteiger charge is 2.11. The van der Waals surface area contributed by atoms with Crippen molar-refractivity contribution in [2.45, 2.75) is 25.7 Å². The molecule has 0 saturated carbocycles. The molecule has 2 rings (SSSR count). The number of nitrogens with zero attached hydrogens (tertiary/aromatic N) is 2. The summed E-state index contributed by atoms with van der Waals surface area (Å²) in [6.07, 6.45) is 8.11. The van der Waals surface area contributed by atoms with E-state index in [-0.39, 0.29) is 5.91 Å². The number of amides is 1. The predicted octanol–water partition coefficient (Wildman–Crippen LogP) is 2.76. The molecule has 2 heterocycles. The number of nitrogens with one attached hydrogen (secondary N) is 1. The minimum Gasteiger partial charge on any atom is -0.357 e. The minimum atomic E-state index is 0.0573. The maximum atomic E-state index is 11.6. The van der Waals surface area contributed by atoms with Crippen LogP contribution in [0, 0.1) is 0 Å². The van der Waals surface area contributed by atoms with Gasteiger partial charge in [-0.05, 0) is 37.7 Å². The lowest BCUT2D eigenvalue weighted by Crippen LogP contribution is -2.30. The number of anilines is 2. The molecule has 0 bridgehead atoms. The second kappa shape index (κ2) is 7.38. The second-order valence-electron chi connectivity index (χ2n) is 4.74. The summed E-state index contributed by atoms with van der Waals surface area (Å²) in [6.45, 7) is 2.18. The number of carbonyl (C=O) groups excluding carboxylic acids is 1. The van der Waals surface area contributed by atoms with Crippen LogP contribution < -0.4 is 10.2 Å². The van der Waals surface area contributed by atoms with Gasteiger partial charge < -0.3 is 10.2 Å². The van der Waals surface area contributed by atoms with Crippen LogP contribution in [-0.2, 0) is 4.79 Å². The first-order valence-electron chi connectivity index (χ1n) is 6.79. The zero-order chi connectivity index (χ0) is 13.5. The Labute approximate surface area is 119 Å². The highest BCUT2D eigenvalue weighted by atomic mass is 32.2. The first-order valence-corrected chi connectivity index (χ1v) is 8.19. The van der Waals surface area contributed by atoms with Crippen LogP contribution in [0.4, 0.5) is 11.5 Å². The summed E-state index contributed by atoms with van der Waals surface area (Å²) in [5.41, 5.74) is 0.784. The Morgan fingerprint density at radius 3 is 2.79 bits per heavy atom. The van der Waals surface area contributed by atoms with Gasteiger partial charge in [0.05, 0.1) is 11.9 Å². The van der Waals surface area contributed by atoms with Crippen molar-refractivity contribution in [3.8, 4) is 0 Å². The molecule has 104 valence electrons. The summed E-state index contributed by atoms with van der Waals surface area (Å²) in [5.74, 6) is 1.93. The number of hydrogen-bond donors (Lipinski definition) is 1. The summed E-state index contributed by atoms with van der Waals surface area (Å²) >= 11 is 1.68. The molecule has 0 unspecified atom stereocenters. The van der Waals surface area contributed by atoms with Gasteiger partial charge in [-0.3, -0.25) is 4.79 Å². The lowest BCUT2D eigenvalue weighted by atomic mass is 10.1. The Bertz CT molecular complexity index is 402. The molecule has 0 radical (unpaired) electrons. The van der Waals surface area contributed by atoms with Crippen molar-refractivity contribution < 1.29 is 4.79 Å². The zero-order valence-corrected chi connectivity index (χ0v) is 12.2. The van der Waals surface area contributed by atoms with E-state index in [1.807, 2.05) is 18.4 Å². The van der Waals surface area contributed by atoms with Gasteiger partial charge in [0.15, 0.2) is 0 Å². The highest BCUT2D eigenvalue weighted by molar-refractivity contribution is 7.98. The quantitative estimate of drug-likeness (QED) is 0.900. The average molecular weight is 279 g/mol. The number of piperidine rings is 1. The van der Waals surface area contributed by atoms with Crippen LogP contribution >= 0.6 is 11.8 Å². The van der Waals surface area contributed by atoms with Crippen molar-refractivity contribution >= 4 is 29.2 Å². The molecule has 1 aliphatic rings. The van der Waals surface area contributed by atoms with Crippen LogP contribution in [0.15, 0.2) is 18.3 Å². The van der Waals surface area contributed by atoms with Crippen LogP contribution in [0.25, 0.3) is 0 Å². The van der Waals surface area contributed by atoms with Gasteiger partial charge in [0.2, 0.25) is 5.91 Å². The first kappa shape index (κ1) is 14.2. The molecule has 0 aliphatic carbocycles. The smallest absolute Gasteiger partial charge is 0.225 e. The zero-order valence-electron chi connectivity index (χ0n) is 11.4. The third-order valence-corrected chi connectivity index (χ3v) is 3.86. The molecule has 1 aromatic heterocycles. The number of aromatic nitrogens is 1. The standard InChI is InChI=1S/C14H21N3OS/c1-19-10-7-14(18)16-12-5-6-13(15-11-12)17-8-3-2-4-9-17/h5-6,11H,2-4,7-10H2,1H3,(H,16,18). The molecular formula is C14H21N3OS. The van der Waals surface area contributed by atoms with Crippen molar-refractivity contribution in [3.63, 3.8) is 0 Å². The molecule has 0 aromatic carbocycles. The molecule has 1 amide bonds. The van der Waals surface area contributed by atoms with E-state index < -0.39 is 0 Å².